The van der Waals surface area contributed by atoms with Crippen LogP contribution in [0.2, 0.25) is 5.15 Å². The molecular weight excluding hydrogens is 464 g/mol. The lowest BCUT2D eigenvalue weighted by atomic mass is 9.83. The monoisotopic (exact) mass is 496 g/mol. The Labute approximate surface area is 211 Å². The number of nitrogens with zero attached hydrogens (tertiary/aromatic N) is 1. The van der Waals surface area contributed by atoms with Crippen LogP contribution in [-0.4, -0.2) is 33.9 Å². The number of fused-ring (bicyclic) bond motifs is 2. The molecule has 0 saturated carbocycles. The summed E-state index contributed by atoms with van der Waals surface area (Å²) < 4.78 is 12.0. The molecule has 2 heterocycles. The Bertz CT molecular complexity index is 1240. The molecule has 1 aromatic heterocycles. The van der Waals surface area contributed by atoms with Gasteiger partial charge < -0.3 is 19.9 Å². The van der Waals surface area contributed by atoms with Gasteiger partial charge in [0.1, 0.15) is 22.6 Å². The second-order valence-electron chi connectivity index (χ2n) is 10.9. The third kappa shape index (κ3) is 5.39. The van der Waals surface area contributed by atoms with E-state index in [1.165, 1.54) is 0 Å². The number of carbonyl (C=O) groups is 1. The van der Waals surface area contributed by atoms with E-state index >= 15 is 0 Å². The summed E-state index contributed by atoms with van der Waals surface area (Å²) in [6, 6.07) is 15.3. The molecule has 4 rings (SSSR count). The zero-order valence-corrected chi connectivity index (χ0v) is 21.8. The smallest absolute Gasteiger partial charge is 0.408 e. The van der Waals surface area contributed by atoms with Gasteiger partial charge in [0.05, 0.1) is 5.52 Å². The molecule has 35 heavy (non-hydrogen) atoms. The highest BCUT2D eigenvalue weighted by Crippen LogP contribution is 2.44. The minimum absolute atomic E-state index is 0.179. The van der Waals surface area contributed by atoms with Gasteiger partial charge in [0, 0.05) is 17.0 Å². The quantitative estimate of drug-likeness (QED) is 0.423. The minimum atomic E-state index is -1.08. The summed E-state index contributed by atoms with van der Waals surface area (Å²) in [5, 5.41) is 15.4. The van der Waals surface area contributed by atoms with E-state index in [1.807, 2.05) is 43.3 Å². The summed E-state index contributed by atoms with van der Waals surface area (Å²) in [7, 11) is 0. The average Bonchev–Trinajstić information content (AvgIpc) is 2.76. The third-order valence-electron chi connectivity index (χ3n) is 6.65. The van der Waals surface area contributed by atoms with Crippen LogP contribution in [0, 0.1) is 12.3 Å². The van der Waals surface area contributed by atoms with Gasteiger partial charge in [-0.2, -0.15) is 0 Å². The van der Waals surface area contributed by atoms with Gasteiger partial charge in [-0.15, -0.1) is 0 Å². The maximum absolute atomic E-state index is 13.2. The van der Waals surface area contributed by atoms with E-state index in [0.29, 0.717) is 28.4 Å². The Morgan fingerprint density at radius 3 is 2.57 bits per heavy atom. The molecule has 1 unspecified atom stereocenters. The van der Waals surface area contributed by atoms with Crippen LogP contribution in [0.1, 0.15) is 57.4 Å². The summed E-state index contributed by atoms with van der Waals surface area (Å²) >= 11 is 6.18. The van der Waals surface area contributed by atoms with Crippen molar-refractivity contribution >= 4 is 28.6 Å². The Kier molecular flexibility index (Phi) is 6.73. The van der Waals surface area contributed by atoms with Crippen molar-refractivity contribution in [3.05, 3.63) is 70.4 Å². The molecule has 6 nitrogen and oxygen atoms in total. The number of aryl methyl sites for hydroxylation is 1. The van der Waals surface area contributed by atoms with E-state index < -0.39 is 23.9 Å². The number of amides is 1. The molecule has 0 radical (unpaired) electrons. The third-order valence-corrected chi connectivity index (χ3v) is 6.84. The summed E-state index contributed by atoms with van der Waals surface area (Å²) in [5.74, 6) is 0.550. The van der Waals surface area contributed by atoms with Gasteiger partial charge in [-0.1, -0.05) is 62.7 Å². The van der Waals surface area contributed by atoms with Crippen LogP contribution >= 0.6 is 11.6 Å². The summed E-state index contributed by atoms with van der Waals surface area (Å²) in [4.78, 5) is 17.6. The van der Waals surface area contributed by atoms with Gasteiger partial charge in [0.2, 0.25) is 0 Å². The van der Waals surface area contributed by atoms with Crippen molar-refractivity contribution in [3.8, 4) is 5.75 Å². The molecule has 1 aliphatic rings. The number of hydrogen-bond acceptors (Lipinski definition) is 5. The van der Waals surface area contributed by atoms with Crippen LogP contribution in [-0.2, 0) is 11.2 Å². The van der Waals surface area contributed by atoms with Crippen molar-refractivity contribution in [3.63, 3.8) is 0 Å². The molecule has 0 bridgehead atoms. The van der Waals surface area contributed by atoms with Crippen molar-refractivity contribution in [2.45, 2.75) is 71.8 Å². The van der Waals surface area contributed by atoms with Crippen molar-refractivity contribution in [2.24, 2.45) is 5.41 Å². The second kappa shape index (κ2) is 9.32. The molecule has 0 aliphatic carbocycles. The molecule has 3 aromatic rings. The maximum atomic E-state index is 13.2. The Hall–Kier alpha value is -2.83. The summed E-state index contributed by atoms with van der Waals surface area (Å²) in [6.07, 6.45) is -1.95. The van der Waals surface area contributed by atoms with Crippen LogP contribution < -0.4 is 10.1 Å². The number of alkyl carbamates (subject to hydrolysis) is 1. The number of benzene rings is 2. The molecule has 1 aliphatic heterocycles. The molecule has 1 amide bonds. The number of aliphatic hydroxyl groups excluding tert-OH is 1. The number of halogens is 1. The van der Waals surface area contributed by atoms with Gasteiger partial charge in [-0.25, -0.2) is 9.78 Å². The minimum Gasteiger partial charge on any atom is -0.485 e. The SMILES string of the molecule is Cc1cc(Cl)nc2cc3c(cc12)OC(C)(C)[C@H](O)[C@H]3OC(=O)NC(Cc1ccccc1)C(C)(C)C. The van der Waals surface area contributed by atoms with E-state index in [-0.39, 0.29) is 11.5 Å². The highest BCUT2D eigenvalue weighted by atomic mass is 35.5. The van der Waals surface area contributed by atoms with Crippen LogP contribution in [0.15, 0.2) is 48.5 Å². The number of pyridine rings is 1. The van der Waals surface area contributed by atoms with Crippen molar-refractivity contribution in [1.82, 2.24) is 10.3 Å². The normalized spacial score (nSPS) is 20.0. The highest BCUT2D eigenvalue weighted by Gasteiger charge is 2.45. The first-order chi connectivity index (χ1) is 16.3. The zero-order valence-electron chi connectivity index (χ0n) is 21.1. The lowest BCUT2D eigenvalue weighted by Gasteiger charge is -2.42. The van der Waals surface area contributed by atoms with Crippen LogP contribution in [0.25, 0.3) is 10.9 Å². The number of ether oxygens (including phenoxy) is 2. The first-order valence-corrected chi connectivity index (χ1v) is 12.2. The first-order valence-electron chi connectivity index (χ1n) is 11.8. The van der Waals surface area contributed by atoms with Crippen LogP contribution in [0.5, 0.6) is 5.75 Å². The van der Waals surface area contributed by atoms with Gasteiger partial charge in [-0.05, 0) is 61.9 Å². The zero-order chi connectivity index (χ0) is 25.5. The predicted molar refractivity (Wildman–Crippen MR) is 138 cm³/mol. The molecule has 0 spiro atoms. The number of hydrogen-bond donors (Lipinski definition) is 2. The Morgan fingerprint density at radius 2 is 1.91 bits per heavy atom. The van der Waals surface area contributed by atoms with Gasteiger partial charge in [-0.3, -0.25) is 0 Å². The van der Waals surface area contributed by atoms with Crippen molar-refractivity contribution in [1.29, 1.82) is 0 Å². The fourth-order valence-electron chi connectivity index (χ4n) is 4.43. The molecule has 3 atom stereocenters. The predicted octanol–water partition coefficient (Wildman–Crippen LogP) is 6.15. The number of nitrogens with one attached hydrogen (secondary N) is 1. The number of carbonyl (C=O) groups excluding carboxylic acids is 1. The highest BCUT2D eigenvalue weighted by molar-refractivity contribution is 6.29. The number of aromatic nitrogens is 1. The van der Waals surface area contributed by atoms with E-state index in [0.717, 1.165) is 16.5 Å². The molecule has 2 aromatic carbocycles. The van der Waals surface area contributed by atoms with Crippen molar-refractivity contribution < 1.29 is 19.4 Å². The molecule has 186 valence electrons. The Balaban J connectivity index is 1.64. The molecule has 0 fully saturated rings. The molecule has 0 saturated heterocycles. The van der Waals surface area contributed by atoms with Crippen LogP contribution in [0.3, 0.4) is 0 Å². The Morgan fingerprint density at radius 1 is 1.23 bits per heavy atom. The van der Waals surface area contributed by atoms with Crippen molar-refractivity contribution in [2.75, 3.05) is 0 Å². The van der Waals surface area contributed by atoms with E-state index in [1.54, 1.807) is 26.0 Å². The molecular formula is C28H33ClN2O4. The summed E-state index contributed by atoms with van der Waals surface area (Å²) in [5.41, 5.74) is 2.11. The van der Waals surface area contributed by atoms with E-state index in [4.69, 9.17) is 21.1 Å². The maximum Gasteiger partial charge on any atom is 0.408 e. The lowest BCUT2D eigenvalue weighted by molar-refractivity contribution is -0.114. The average molecular weight is 497 g/mol. The van der Waals surface area contributed by atoms with E-state index in [9.17, 15) is 9.90 Å². The fourth-order valence-corrected chi connectivity index (χ4v) is 4.68. The fraction of sp³-hybridized carbons (Fsp3) is 0.429. The molecule has 7 heteroatoms. The standard InChI is InChI=1S/C28H33ClN2O4/c1-16-12-23(29)30-20-14-19-21(15-18(16)20)35-28(5,6)25(32)24(19)34-26(33)31-22(27(2,3)4)13-17-10-8-7-9-11-17/h7-12,14-15,22,24-25,32H,13H2,1-6H3,(H,31,33)/t22?,24-,25+/m0/s1. The van der Waals surface area contributed by atoms with Gasteiger partial charge >= 0.3 is 6.09 Å². The largest absolute Gasteiger partial charge is 0.485 e. The lowest BCUT2D eigenvalue weighted by Crippen LogP contribution is -2.51. The second-order valence-corrected chi connectivity index (χ2v) is 11.3. The topological polar surface area (TPSA) is 80.7 Å². The van der Waals surface area contributed by atoms with Gasteiger partial charge in [0.25, 0.3) is 0 Å². The number of aliphatic hydroxyl groups is 1. The van der Waals surface area contributed by atoms with E-state index in [2.05, 4.69) is 31.1 Å². The summed E-state index contributed by atoms with van der Waals surface area (Å²) in [6.45, 7) is 11.7. The van der Waals surface area contributed by atoms with Crippen LogP contribution in [0.4, 0.5) is 4.79 Å². The number of rotatable bonds is 4. The first kappa shape index (κ1) is 25.3. The van der Waals surface area contributed by atoms with Gasteiger partial charge in [0.15, 0.2) is 6.10 Å². The molecule has 2 N–H and O–H groups in total.